The van der Waals surface area contributed by atoms with E-state index in [9.17, 15) is 0 Å². The molecule has 0 aromatic heterocycles. The van der Waals surface area contributed by atoms with Crippen LogP contribution in [-0.4, -0.2) is 50.3 Å². The molecule has 1 saturated heterocycles. The summed E-state index contributed by atoms with van der Waals surface area (Å²) in [5.41, 5.74) is 0. The third-order valence-electron chi connectivity index (χ3n) is 2.78. The molecule has 1 heterocycles. The van der Waals surface area contributed by atoms with Crippen molar-refractivity contribution < 1.29 is 4.74 Å². The van der Waals surface area contributed by atoms with Crippen molar-refractivity contribution in [3.05, 3.63) is 0 Å². The van der Waals surface area contributed by atoms with Gasteiger partial charge in [0.2, 0.25) is 0 Å². The summed E-state index contributed by atoms with van der Waals surface area (Å²) >= 11 is 0. The summed E-state index contributed by atoms with van der Waals surface area (Å²) in [6, 6.07) is 1.13. The van der Waals surface area contributed by atoms with Crippen molar-refractivity contribution in [2.45, 2.75) is 38.8 Å². The van der Waals surface area contributed by atoms with Gasteiger partial charge in [-0.2, -0.15) is 0 Å². The van der Waals surface area contributed by atoms with Crippen molar-refractivity contribution in [3.8, 4) is 0 Å². The highest BCUT2D eigenvalue weighted by atomic mass is 16.5. The van der Waals surface area contributed by atoms with Crippen LogP contribution in [-0.2, 0) is 4.74 Å². The highest BCUT2D eigenvalue weighted by Gasteiger charge is 2.21. The Kier molecular flexibility index (Phi) is 5.45. The number of nitrogens with one attached hydrogen (secondary N) is 1. The molecule has 3 nitrogen and oxygen atoms in total. The largest absolute Gasteiger partial charge is 0.383 e. The van der Waals surface area contributed by atoms with Gasteiger partial charge < -0.3 is 10.1 Å². The zero-order chi connectivity index (χ0) is 10.4. The minimum Gasteiger partial charge on any atom is -0.383 e. The van der Waals surface area contributed by atoms with Crippen LogP contribution in [0.4, 0.5) is 0 Å². The average molecular weight is 200 g/mol. The van der Waals surface area contributed by atoms with Crippen molar-refractivity contribution in [3.63, 3.8) is 0 Å². The Labute approximate surface area is 87.8 Å². The molecule has 0 radical (unpaired) electrons. The van der Waals surface area contributed by atoms with Crippen LogP contribution in [0.2, 0.25) is 0 Å². The third kappa shape index (κ3) is 3.95. The second-order valence-corrected chi connectivity index (χ2v) is 4.42. The second kappa shape index (κ2) is 6.38. The van der Waals surface area contributed by atoms with Gasteiger partial charge in [0.25, 0.3) is 0 Å². The third-order valence-corrected chi connectivity index (χ3v) is 2.78. The van der Waals surface area contributed by atoms with Crippen LogP contribution in [0.1, 0.15) is 26.7 Å². The van der Waals surface area contributed by atoms with Gasteiger partial charge in [0.1, 0.15) is 0 Å². The molecule has 1 rings (SSSR count). The first kappa shape index (κ1) is 12.0. The fraction of sp³-hybridized carbons (Fsp3) is 1.00. The quantitative estimate of drug-likeness (QED) is 0.695. The Morgan fingerprint density at radius 1 is 1.29 bits per heavy atom. The molecule has 0 spiro atoms. The number of hydrogen-bond donors (Lipinski definition) is 1. The first-order valence-corrected chi connectivity index (χ1v) is 5.70. The highest BCUT2D eigenvalue weighted by molar-refractivity contribution is 4.78. The lowest BCUT2D eigenvalue weighted by atomic mass is 10.2. The molecule has 0 aliphatic carbocycles. The van der Waals surface area contributed by atoms with E-state index in [1.165, 1.54) is 25.9 Å². The van der Waals surface area contributed by atoms with Crippen molar-refractivity contribution in [1.82, 2.24) is 10.2 Å². The predicted molar refractivity (Wildman–Crippen MR) is 59.6 cm³/mol. The topological polar surface area (TPSA) is 24.5 Å². The summed E-state index contributed by atoms with van der Waals surface area (Å²) in [4.78, 5) is 2.54. The van der Waals surface area contributed by atoms with Crippen molar-refractivity contribution in [1.29, 1.82) is 0 Å². The fourth-order valence-corrected chi connectivity index (χ4v) is 1.96. The molecule has 0 aromatic carbocycles. The van der Waals surface area contributed by atoms with E-state index in [2.05, 4.69) is 24.1 Å². The van der Waals surface area contributed by atoms with E-state index in [1.54, 1.807) is 7.11 Å². The van der Waals surface area contributed by atoms with Gasteiger partial charge in [-0.3, -0.25) is 4.90 Å². The predicted octanol–water partition coefficient (Wildman–Crippen LogP) is 1.10. The van der Waals surface area contributed by atoms with Crippen molar-refractivity contribution in [2.24, 2.45) is 0 Å². The van der Waals surface area contributed by atoms with Crippen LogP contribution < -0.4 is 5.32 Å². The van der Waals surface area contributed by atoms with Gasteiger partial charge >= 0.3 is 0 Å². The lowest BCUT2D eigenvalue weighted by Gasteiger charge is -2.27. The number of likely N-dealkylation sites (tertiary alicyclic amines) is 1. The van der Waals surface area contributed by atoms with Gasteiger partial charge in [-0.15, -0.1) is 0 Å². The molecule has 1 aliphatic heterocycles. The number of hydrogen-bond acceptors (Lipinski definition) is 3. The summed E-state index contributed by atoms with van der Waals surface area (Å²) in [7, 11) is 1.79. The van der Waals surface area contributed by atoms with E-state index in [0.29, 0.717) is 12.1 Å². The van der Waals surface area contributed by atoms with Gasteiger partial charge in [0.15, 0.2) is 0 Å². The van der Waals surface area contributed by atoms with E-state index in [-0.39, 0.29) is 0 Å². The lowest BCUT2D eigenvalue weighted by Crippen LogP contribution is -2.45. The summed E-state index contributed by atoms with van der Waals surface area (Å²) in [5, 5.41) is 3.49. The summed E-state index contributed by atoms with van der Waals surface area (Å²) in [5.74, 6) is 0. The number of rotatable bonds is 6. The normalized spacial score (nSPS) is 20.6. The molecule has 84 valence electrons. The molecular formula is C11H24N2O. The van der Waals surface area contributed by atoms with Crippen LogP contribution >= 0.6 is 0 Å². The van der Waals surface area contributed by atoms with Crippen LogP contribution in [0.3, 0.4) is 0 Å². The standard InChI is InChI=1S/C11H24N2O/c1-10(2)12-8-11(9-14-3)13-6-4-5-7-13/h10-12H,4-9H2,1-3H3. The van der Waals surface area contributed by atoms with E-state index < -0.39 is 0 Å². The number of nitrogens with zero attached hydrogens (tertiary/aromatic N) is 1. The van der Waals surface area contributed by atoms with Crippen molar-refractivity contribution in [2.75, 3.05) is 33.4 Å². The molecule has 1 fully saturated rings. The molecule has 0 saturated carbocycles. The minimum atomic E-state index is 0.560. The van der Waals surface area contributed by atoms with Crippen LogP contribution in [0.25, 0.3) is 0 Å². The first-order chi connectivity index (χ1) is 6.74. The zero-order valence-corrected chi connectivity index (χ0v) is 9.75. The Balaban J connectivity index is 2.29. The maximum absolute atomic E-state index is 5.27. The molecular weight excluding hydrogens is 176 g/mol. The van der Waals surface area contributed by atoms with Gasteiger partial charge in [0.05, 0.1) is 6.61 Å². The number of ether oxygens (including phenoxy) is 1. The zero-order valence-electron chi connectivity index (χ0n) is 9.75. The molecule has 1 unspecified atom stereocenters. The van der Waals surface area contributed by atoms with E-state index in [0.717, 1.165) is 13.2 Å². The molecule has 14 heavy (non-hydrogen) atoms. The molecule has 1 atom stereocenters. The van der Waals surface area contributed by atoms with Crippen LogP contribution in [0, 0.1) is 0 Å². The molecule has 1 aliphatic rings. The van der Waals surface area contributed by atoms with Gasteiger partial charge in [-0.25, -0.2) is 0 Å². The van der Waals surface area contributed by atoms with E-state index in [4.69, 9.17) is 4.74 Å². The first-order valence-electron chi connectivity index (χ1n) is 5.70. The average Bonchev–Trinajstić information content (AvgIpc) is 2.64. The fourth-order valence-electron chi connectivity index (χ4n) is 1.96. The van der Waals surface area contributed by atoms with Crippen molar-refractivity contribution >= 4 is 0 Å². The Morgan fingerprint density at radius 2 is 1.93 bits per heavy atom. The maximum Gasteiger partial charge on any atom is 0.0630 e. The number of methoxy groups -OCH3 is 1. The molecule has 0 bridgehead atoms. The lowest BCUT2D eigenvalue weighted by molar-refractivity contribution is 0.103. The summed E-state index contributed by atoms with van der Waals surface area (Å²) < 4.78 is 5.27. The molecule has 3 heteroatoms. The Morgan fingerprint density at radius 3 is 2.43 bits per heavy atom. The van der Waals surface area contributed by atoms with Gasteiger partial charge in [0, 0.05) is 25.7 Å². The van der Waals surface area contributed by atoms with Crippen LogP contribution in [0.5, 0.6) is 0 Å². The van der Waals surface area contributed by atoms with Gasteiger partial charge in [-0.05, 0) is 25.9 Å². The molecule has 1 N–H and O–H groups in total. The smallest absolute Gasteiger partial charge is 0.0630 e. The van der Waals surface area contributed by atoms with Gasteiger partial charge in [-0.1, -0.05) is 13.8 Å². The monoisotopic (exact) mass is 200 g/mol. The highest BCUT2D eigenvalue weighted by Crippen LogP contribution is 2.11. The minimum absolute atomic E-state index is 0.560. The Bertz CT molecular complexity index is 144. The second-order valence-electron chi connectivity index (χ2n) is 4.42. The Hall–Kier alpha value is -0.120. The summed E-state index contributed by atoms with van der Waals surface area (Å²) in [6.45, 7) is 8.76. The van der Waals surface area contributed by atoms with Crippen LogP contribution in [0.15, 0.2) is 0 Å². The maximum atomic E-state index is 5.27. The molecule has 0 amide bonds. The molecule has 0 aromatic rings. The van der Waals surface area contributed by atoms with E-state index >= 15 is 0 Å². The van der Waals surface area contributed by atoms with E-state index in [1.807, 2.05) is 0 Å². The SMILES string of the molecule is COCC(CNC(C)C)N1CCCC1. The summed E-state index contributed by atoms with van der Waals surface area (Å²) in [6.07, 6.45) is 2.70.